The highest BCUT2D eigenvalue weighted by Gasteiger charge is 2.05. The minimum atomic E-state index is 0.722. The Labute approximate surface area is 107 Å². The Balaban J connectivity index is 2.14. The number of benzene rings is 1. The van der Waals surface area contributed by atoms with E-state index in [-0.39, 0.29) is 0 Å². The summed E-state index contributed by atoms with van der Waals surface area (Å²) in [5, 5.41) is 7.57. The van der Waals surface area contributed by atoms with Gasteiger partial charge in [-0.15, -0.1) is 0 Å². The van der Waals surface area contributed by atoms with Gasteiger partial charge in [0.05, 0.1) is 19.3 Å². The van der Waals surface area contributed by atoms with Crippen LogP contribution in [0.2, 0.25) is 0 Å². The quantitative estimate of drug-likeness (QED) is 0.789. The normalized spacial score (nSPS) is 10.6. The average Bonchev–Trinajstić information content (AvgIpc) is 2.88. The van der Waals surface area contributed by atoms with E-state index in [0.29, 0.717) is 0 Å². The number of nitrogens with one attached hydrogen (secondary N) is 1. The minimum Gasteiger partial charge on any atom is -0.497 e. The molecule has 0 radical (unpaired) electrons. The van der Waals surface area contributed by atoms with Gasteiger partial charge in [-0.1, -0.05) is 6.92 Å². The van der Waals surface area contributed by atoms with E-state index >= 15 is 0 Å². The molecule has 0 fully saturated rings. The fourth-order valence-electron chi connectivity index (χ4n) is 1.70. The van der Waals surface area contributed by atoms with Crippen LogP contribution in [0.1, 0.15) is 19.2 Å². The third-order valence-corrected chi connectivity index (χ3v) is 2.65. The van der Waals surface area contributed by atoms with E-state index in [1.165, 1.54) is 0 Å². The molecule has 0 unspecified atom stereocenters. The Hall–Kier alpha value is -1.88. The molecular formula is C13H18N4O. The van der Waals surface area contributed by atoms with Gasteiger partial charge in [-0.3, -0.25) is 0 Å². The number of ether oxygens (including phenoxy) is 1. The molecule has 0 spiro atoms. The first kappa shape index (κ1) is 12.6. The molecule has 96 valence electrons. The second-order valence-electron chi connectivity index (χ2n) is 3.96. The van der Waals surface area contributed by atoms with Crippen molar-refractivity contribution >= 4 is 0 Å². The lowest BCUT2D eigenvalue weighted by atomic mass is 10.3. The smallest absolute Gasteiger partial charge is 0.146 e. The second kappa shape index (κ2) is 6.16. The van der Waals surface area contributed by atoms with E-state index < -0.39 is 0 Å². The fourth-order valence-corrected chi connectivity index (χ4v) is 1.70. The Morgan fingerprint density at radius 2 is 2.06 bits per heavy atom. The highest BCUT2D eigenvalue weighted by molar-refractivity contribution is 5.37. The highest BCUT2D eigenvalue weighted by atomic mass is 16.5. The van der Waals surface area contributed by atoms with Gasteiger partial charge in [0.2, 0.25) is 0 Å². The Bertz CT molecular complexity index is 478. The van der Waals surface area contributed by atoms with Gasteiger partial charge in [0.15, 0.2) is 0 Å². The van der Waals surface area contributed by atoms with Gasteiger partial charge in [-0.2, -0.15) is 5.10 Å². The first-order valence-electron chi connectivity index (χ1n) is 6.09. The Kier molecular flexibility index (Phi) is 4.30. The van der Waals surface area contributed by atoms with Crippen molar-refractivity contribution in [2.45, 2.75) is 19.9 Å². The topological polar surface area (TPSA) is 52.0 Å². The number of rotatable bonds is 6. The third-order valence-electron chi connectivity index (χ3n) is 2.65. The van der Waals surface area contributed by atoms with Crippen molar-refractivity contribution in [2.24, 2.45) is 0 Å². The van der Waals surface area contributed by atoms with Crippen molar-refractivity contribution in [1.82, 2.24) is 20.1 Å². The summed E-state index contributed by atoms with van der Waals surface area (Å²) < 4.78 is 6.97. The highest BCUT2D eigenvalue weighted by Crippen LogP contribution is 2.14. The molecule has 1 heterocycles. The fraction of sp³-hybridized carbons (Fsp3) is 0.385. The van der Waals surface area contributed by atoms with Crippen LogP contribution in [0.3, 0.4) is 0 Å². The lowest BCUT2D eigenvalue weighted by Gasteiger charge is -2.07. The van der Waals surface area contributed by atoms with Crippen LogP contribution in [0.5, 0.6) is 5.75 Å². The second-order valence-corrected chi connectivity index (χ2v) is 3.96. The molecule has 0 aliphatic rings. The zero-order valence-corrected chi connectivity index (χ0v) is 10.8. The number of nitrogens with zero attached hydrogens (tertiary/aromatic N) is 3. The van der Waals surface area contributed by atoms with Crippen molar-refractivity contribution in [2.75, 3.05) is 13.7 Å². The molecule has 1 aromatic carbocycles. The first-order valence-corrected chi connectivity index (χ1v) is 6.09. The summed E-state index contributed by atoms with van der Waals surface area (Å²) in [7, 11) is 1.66. The van der Waals surface area contributed by atoms with E-state index in [2.05, 4.69) is 22.3 Å². The number of methoxy groups -OCH3 is 1. The standard InChI is InChI=1S/C13H18N4O/c1-3-8-14-9-13-15-10-16-17(13)11-4-6-12(18-2)7-5-11/h4-7,10,14H,3,8-9H2,1-2H3. The van der Waals surface area contributed by atoms with Crippen LogP contribution in [-0.4, -0.2) is 28.4 Å². The van der Waals surface area contributed by atoms with Crippen molar-refractivity contribution in [3.8, 4) is 11.4 Å². The number of aromatic nitrogens is 3. The first-order chi connectivity index (χ1) is 8.85. The van der Waals surface area contributed by atoms with Gasteiger partial charge in [-0.25, -0.2) is 9.67 Å². The summed E-state index contributed by atoms with van der Waals surface area (Å²) in [5.41, 5.74) is 0.988. The van der Waals surface area contributed by atoms with Gasteiger partial charge in [0.25, 0.3) is 0 Å². The summed E-state index contributed by atoms with van der Waals surface area (Å²) in [6.45, 7) is 3.84. The zero-order valence-electron chi connectivity index (χ0n) is 10.8. The molecule has 0 saturated heterocycles. The maximum atomic E-state index is 5.14. The molecule has 1 N–H and O–H groups in total. The molecule has 0 saturated carbocycles. The van der Waals surface area contributed by atoms with Gasteiger partial charge in [-0.05, 0) is 37.2 Å². The van der Waals surface area contributed by atoms with Crippen LogP contribution in [0, 0.1) is 0 Å². The summed E-state index contributed by atoms with van der Waals surface area (Å²) in [6.07, 6.45) is 2.68. The minimum absolute atomic E-state index is 0.722. The van der Waals surface area contributed by atoms with Gasteiger partial charge in [0, 0.05) is 0 Å². The zero-order chi connectivity index (χ0) is 12.8. The molecule has 5 nitrogen and oxygen atoms in total. The molecule has 18 heavy (non-hydrogen) atoms. The molecule has 0 atom stereocenters. The molecule has 2 aromatic rings. The Morgan fingerprint density at radius 3 is 2.72 bits per heavy atom. The van der Waals surface area contributed by atoms with Crippen LogP contribution >= 0.6 is 0 Å². The van der Waals surface area contributed by atoms with Gasteiger partial charge < -0.3 is 10.1 Å². The van der Waals surface area contributed by atoms with Crippen LogP contribution in [0.25, 0.3) is 5.69 Å². The molecule has 2 rings (SSSR count). The van der Waals surface area contributed by atoms with Crippen LogP contribution in [0.4, 0.5) is 0 Å². The molecule has 0 amide bonds. The van der Waals surface area contributed by atoms with Crippen LogP contribution < -0.4 is 10.1 Å². The summed E-state index contributed by atoms with van der Waals surface area (Å²) >= 11 is 0. The predicted molar refractivity (Wildman–Crippen MR) is 69.9 cm³/mol. The molecule has 0 aliphatic heterocycles. The van der Waals surface area contributed by atoms with E-state index in [1.807, 2.05) is 28.9 Å². The van der Waals surface area contributed by atoms with Gasteiger partial charge >= 0.3 is 0 Å². The molecule has 1 aromatic heterocycles. The summed E-state index contributed by atoms with van der Waals surface area (Å²) in [4.78, 5) is 4.27. The third kappa shape index (κ3) is 2.87. The number of hydrogen-bond donors (Lipinski definition) is 1. The molecule has 5 heteroatoms. The maximum Gasteiger partial charge on any atom is 0.146 e. The maximum absolute atomic E-state index is 5.14. The van der Waals surface area contributed by atoms with E-state index in [0.717, 1.165) is 36.8 Å². The largest absolute Gasteiger partial charge is 0.497 e. The van der Waals surface area contributed by atoms with Gasteiger partial charge in [0.1, 0.15) is 17.9 Å². The van der Waals surface area contributed by atoms with E-state index in [1.54, 1.807) is 13.4 Å². The molecule has 0 bridgehead atoms. The van der Waals surface area contributed by atoms with Crippen molar-refractivity contribution in [3.63, 3.8) is 0 Å². The monoisotopic (exact) mass is 246 g/mol. The Morgan fingerprint density at radius 1 is 1.28 bits per heavy atom. The van der Waals surface area contributed by atoms with Crippen LogP contribution in [0.15, 0.2) is 30.6 Å². The van der Waals surface area contributed by atoms with Crippen molar-refractivity contribution in [3.05, 3.63) is 36.4 Å². The average molecular weight is 246 g/mol. The summed E-state index contributed by atoms with van der Waals surface area (Å²) in [5.74, 6) is 1.75. The predicted octanol–water partition coefficient (Wildman–Crippen LogP) is 1.78. The lowest BCUT2D eigenvalue weighted by molar-refractivity contribution is 0.414. The van der Waals surface area contributed by atoms with E-state index in [9.17, 15) is 0 Å². The lowest BCUT2D eigenvalue weighted by Crippen LogP contribution is -2.17. The summed E-state index contributed by atoms with van der Waals surface area (Å²) in [6, 6.07) is 7.77. The van der Waals surface area contributed by atoms with E-state index in [4.69, 9.17) is 4.74 Å². The van der Waals surface area contributed by atoms with Crippen LogP contribution in [-0.2, 0) is 6.54 Å². The number of hydrogen-bond acceptors (Lipinski definition) is 4. The molecular weight excluding hydrogens is 228 g/mol. The van der Waals surface area contributed by atoms with Crippen molar-refractivity contribution in [1.29, 1.82) is 0 Å². The molecule has 0 aliphatic carbocycles. The van der Waals surface area contributed by atoms with Crippen molar-refractivity contribution < 1.29 is 4.74 Å². The SMILES string of the molecule is CCCNCc1ncnn1-c1ccc(OC)cc1.